The average molecular weight is 379 g/mol. The molecule has 0 amide bonds. The van der Waals surface area contributed by atoms with Crippen LogP contribution in [-0.2, 0) is 19.4 Å². The van der Waals surface area contributed by atoms with Gasteiger partial charge in [0.2, 0.25) is 0 Å². The van der Waals surface area contributed by atoms with Crippen molar-refractivity contribution in [1.82, 2.24) is 0 Å². The number of hydrogen-bond donors (Lipinski definition) is 0. The number of Topliss-reactive ketones (excluding diaryl/α,β-unsaturated/α-hetero) is 1. The first kappa shape index (κ1) is 17.6. The van der Waals surface area contributed by atoms with Crippen LogP contribution in [0.15, 0.2) is 22.7 Å². The van der Waals surface area contributed by atoms with Crippen molar-refractivity contribution in [1.29, 1.82) is 0 Å². The third kappa shape index (κ3) is 5.47. The molecule has 0 unspecified atom stereocenters. The number of esters is 1. The van der Waals surface area contributed by atoms with E-state index in [1.54, 1.807) is 6.07 Å². The van der Waals surface area contributed by atoms with Crippen LogP contribution in [0.1, 0.15) is 16.8 Å². The topological polar surface area (TPSA) is 86.7 Å². The van der Waals surface area contributed by atoms with Gasteiger partial charge in [0.05, 0.1) is 30.9 Å². The van der Waals surface area contributed by atoms with Crippen LogP contribution >= 0.6 is 15.9 Å². The number of benzene rings is 1. The molecule has 1 rings (SSSR count). The second-order valence-electron chi connectivity index (χ2n) is 4.19. The summed E-state index contributed by atoms with van der Waals surface area (Å²) in [6.45, 7) is 0. The van der Waals surface area contributed by atoms with E-state index in [2.05, 4.69) is 20.7 Å². The SMILES string of the molecule is COC(=O)CCS(=O)(=O)CC(=O)c1ccc(OC)c(Br)c1. The molecule has 0 saturated heterocycles. The van der Waals surface area contributed by atoms with Gasteiger partial charge in [-0.05, 0) is 34.1 Å². The second-order valence-corrected chi connectivity index (χ2v) is 7.23. The van der Waals surface area contributed by atoms with Crippen molar-refractivity contribution in [3.63, 3.8) is 0 Å². The van der Waals surface area contributed by atoms with Gasteiger partial charge >= 0.3 is 5.97 Å². The zero-order valence-corrected chi connectivity index (χ0v) is 14.0. The van der Waals surface area contributed by atoms with Crippen molar-refractivity contribution in [2.24, 2.45) is 0 Å². The third-order valence-electron chi connectivity index (χ3n) is 2.67. The molecule has 1 aromatic rings. The molecule has 0 fully saturated rings. The van der Waals surface area contributed by atoms with Gasteiger partial charge in [0, 0.05) is 5.56 Å². The van der Waals surface area contributed by atoms with Crippen LogP contribution in [0.4, 0.5) is 0 Å². The molecular weight excluding hydrogens is 364 g/mol. The number of methoxy groups -OCH3 is 2. The predicted molar refractivity (Wildman–Crippen MR) is 80.3 cm³/mol. The van der Waals surface area contributed by atoms with E-state index in [1.165, 1.54) is 26.4 Å². The zero-order chi connectivity index (χ0) is 16.0. The highest BCUT2D eigenvalue weighted by Gasteiger charge is 2.20. The second kappa shape index (κ2) is 7.56. The van der Waals surface area contributed by atoms with Gasteiger partial charge in [0.1, 0.15) is 11.5 Å². The van der Waals surface area contributed by atoms with Crippen molar-refractivity contribution in [2.75, 3.05) is 25.7 Å². The highest BCUT2D eigenvalue weighted by atomic mass is 79.9. The van der Waals surface area contributed by atoms with E-state index < -0.39 is 33.1 Å². The lowest BCUT2D eigenvalue weighted by Gasteiger charge is -2.06. The zero-order valence-electron chi connectivity index (χ0n) is 11.6. The standard InChI is InChI=1S/C13H15BrO6S/c1-19-12-4-3-9(7-10(12)14)11(15)8-21(17,18)6-5-13(16)20-2/h3-4,7H,5-6,8H2,1-2H3. The van der Waals surface area contributed by atoms with Crippen molar-refractivity contribution in [2.45, 2.75) is 6.42 Å². The lowest BCUT2D eigenvalue weighted by molar-refractivity contribution is -0.140. The number of sulfone groups is 1. The first-order valence-electron chi connectivity index (χ1n) is 5.93. The Hall–Kier alpha value is -1.41. The van der Waals surface area contributed by atoms with Gasteiger partial charge in [-0.2, -0.15) is 0 Å². The van der Waals surface area contributed by atoms with Gasteiger partial charge < -0.3 is 9.47 Å². The molecule has 0 saturated carbocycles. The molecule has 1 aromatic carbocycles. The Morgan fingerprint density at radius 1 is 1.24 bits per heavy atom. The number of ether oxygens (including phenoxy) is 2. The summed E-state index contributed by atoms with van der Waals surface area (Å²) in [6.07, 6.45) is -0.265. The fraction of sp³-hybridized carbons (Fsp3) is 0.385. The van der Waals surface area contributed by atoms with Gasteiger partial charge in [-0.3, -0.25) is 9.59 Å². The first-order chi connectivity index (χ1) is 9.79. The summed E-state index contributed by atoms with van der Waals surface area (Å²) < 4.78 is 33.5. The van der Waals surface area contributed by atoms with E-state index in [0.717, 1.165) is 0 Å². The summed E-state index contributed by atoms with van der Waals surface area (Å²) in [5.41, 5.74) is 0.254. The van der Waals surface area contributed by atoms with E-state index in [4.69, 9.17) is 4.74 Å². The highest BCUT2D eigenvalue weighted by molar-refractivity contribution is 9.10. The van der Waals surface area contributed by atoms with E-state index in [0.29, 0.717) is 10.2 Å². The lowest BCUT2D eigenvalue weighted by Crippen LogP contribution is -2.21. The minimum Gasteiger partial charge on any atom is -0.496 e. The molecule has 0 aliphatic rings. The summed E-state index contributed by atoms with van der Waals surface area (Å²) in [6, 6.07) is 4.55. The van der Waals surface area contributed by atoms with Crippen molar-refractivity contribution in [3.05, 3.63) is 28.2 Å². The fourth-order valence-corrected chi connectivity index (χ4v) is 3.26. The number of rotatable bonds is 7. The normalized spacial score (nSPS) is 11.0. The Morgan fingerprint density at radius 2 is 1.90 bits per heavy atom. The van der Waals surface area contributed by atoms with Crippen LogP contribution in [0.2, 0.25) is 0 Å². The van der Waals surface area contributed by atoms with Crippen LogP contribution < -0.4 is 4.74 Å². The quantitative estimate of drug-likeness (QED) is 0.529. The molecule has 0 aliphatic heterocycles. The van der Waals surface area contributed by atoms with Gasteiger partial charge in [-0.15, -0.1) is 0 Å². The summed E-state index contributed by atoms with van der Waals surface area (Å²) in [7, 11) is -0.999. The van der Waals surface area contributed by atoms with Crippen LogP contribution in [-0.4, -0.2) is 45.9 Å². The Balaban J connectivity index is 2.76. The summed E-state index contributed by atoms with van der Waals surface area (Å²) in [4.78, 5) is 22.9. The molecule has 0 atom stereocenters. The highest BCUT2D eigenvalue weighted by Crippen LogP contribution is 2.25. The van der Waals surface area contributed by atoms with Gasteiger partial charge in [0.25, 0.3) is 0 Å². The largest absolute Gasteiger partial charge is 0.496 e. The number of ketones is 1. The van der Waals surface area contributed by atoms with Crippen LogP contribution in [0.25, 0.3) is 0 Å². The third-order valence-corrected chi connectivity index (χ3v) is 4.82. The van der Waals surface area contributed by atoms with E-state index in [9.17, 15) is 18.0 Å². The Kier molecular flexibility index (Phi) is 6.35. The molecule has 21 heavy (non-hydrogen) atoms. The van der Waals surface area contributed by atoms with E-state index in [1.807, 2.05) is 0 Å². The number of carbonyl (C=O) groups excluding carboxylic acids is 2. The van der Waals surface area contributed by atoms with Crippen LogP contribution in [0, 0.1) is 0 Å². The molecule has 0 bridgehead atoms. The Morgan fingerprint density at radius 3 is 2.43 bits per heavy atom. The molecule has 0 radical (unpaired) electrons. The summed E-state index contributed by atoms with van der Waals surface area (Å²) >= 11 is 3.23. The van der Waals surface area contributed by atoms with Crippen LogP contribution in [0.5, 0.6) is 5.75 Å². The van der Waals surface area contributed by atoms with Gasteiger partial charge in [-0.1, -0.05) is 0 Å². The molecule has 0 heterocycles. The molecule has 6 nitrogen and oxygen atoms in total. The Bertz CT molecular complexity index is 638. The molecule has 0 aliphatic carbocycles. The summed E-state index contributed by atoms with van der Waals surface area (Å²) in [5.74, 6) is -1.69. The van der Waals surface area contributed by atoms with Crippen molar-refractivity contribution >= 4 is 37.5 Å². The number of carbonyl (C=O) groups is 2. The molecule has 116 valence electrons. The fourth-order valence-electron chi connectivity index (χ4n) is 1.54. The maximum atomic E-state index is 12.0. The maximum absolute atomic E-state index is 12.0. The molecule has 0 aromatic heterocycles. The molecule has 0 spiro atoms. The first-order valence-corrected chi connectivity index (χ1v) is 8.54. The minimum atomic E-state index is -3.66. The van der Waals surface area contributed by atoms with E-state index in [-0.39, 0.29) is 12.0 Å². The summed E-state index contributed by atoms with van der Waals surface area (Å²) in [5, 5.41) is 0. The van der Waals surface area contributed by atoms with Crippen molar-refractivity contribution in [3.8, 4) is 5.75 Å². The molecule has 0 N–H and O–H groups in total. The number of halogens is 1. The maximum Gasteiger partial charge on any atom is 0.306 e. The smallest absolute Gasteiger partial charge is 0.306 e. The average Bonchev–Trinajstić information content (AvgIpc) is 2.44. The number of hydrogen-bond acceptors (Lipinski definition) is 6. The van der Waals surface area contributed by atoms with Gasteiger partial charge in [-0.25, -0.2) is 8.42 Å². The molecular formula is C13H15BrO6S. The van der Waals surface area contributed by atoms with Crippen molar-refractivity contribution < 1.29 is 27.5 Å². The minimum absolute atomic E-state index is 0.254. The lowest BCUT2D eigenvalue weighted by atomic mass is 10.1. The monoisotopic (exact) mass is 378 g/mol. The van der Waals surface area contributed by atoms with E-state index >= 15 is 0 Å². The molecule has 8 heteroatoms. The Labute approximate surface area is 131 Å². The predicted octanol–water partition coefficient (Wildman–Crippen LogP) is 1.62. The van der Waals surface area contributed by atoms with Gasteiger partial charge in [0.15, 0.2) is 15.6 Å². The van der Waals surface area contributed by atoms with Crippen LogP contribution in [0.3, 0.4) is 0 Å².